The highest BCUT2D eigenvalue weighted by atomic mass is 16.6. The molecule has 9 heteroatoms. The lowest BCUT2D eigenvalue weighted by Gasteiger charge is -2.17. The van der Waals surface area contributed by atoms with Crippen LogP contribution in [0.5, 0.6) is 0 Å². The topological polar surface area (TPSA) is 137 Å². The van der Waals surface area contributed by atoms with Gasteiger partial charge in [0.25, 0.3) is 0 Å². The van der Waals surface area contributed by atoms with Crippen LogP contribution in [0.15, 0.2) is 41.3 Å². The lowest BCUT2D eigenvalue weighted by Crippen LogP contribution is -2.36. The van der Waals surface area contributed by atoms with Gasteiger partial charge in [-0.25, -0.2) is 4.79 Å². The number of esters is 1. The van der Waals surface area contributed by atoms with Gasteiger partial charge in [-0.1, -0.05) is 36.3 Å². The maximum absolute atomic E-state index is 12.1. The molecule has 3 rings (SSSR count). The van der Waals surface area contributed by atoms with Crippen LogP contribution in [0.2, 0.25) is 0 Å². The Bertz CT molecular complexity index is 952. The van der Waals surface area contributed by atoms with Gasteiger partial charge in [-0.2, -0.15) is 4.98 Å². The van der Waals surface area contributed by atoms with E-state index in [9.17, 15) is 19.8 Å². The molecule has 9 nitrogen and oxygen atoms in total. The maximum atomic E-state index is 12.1. The molecule has 2 aromatic rings. The van der Waals surface area contributed by atoms with Crippen LogP contribution in [-0.4, -0.2) is 44.0 Å². The molecule has 4 atom stereocenters. The molecular weight excluding hydrogens is 366 g/mol. The second kappa shape index (κ2) is 8.22. The van der Waals surface area contributed by atoms with Crippen LogP contribution in [0.1, 0.15) is 23.8 Å². The number of aliphatic hydroxyl groups is 2. The number of nitrogens with zero attached hydrogens (tertiary/aromatic N) is 2. The van der Waals surface area contributed by atoms with E-state index in [4.69, 9.17) is 21.6 Å². The first-order valence-corrected chi connectivity index (χ1v) is 8.47. The number of nitrogens with two attached hydrogens (primary N) is 1. The Morgan fingerprint density at radius 1 is 1.32 bits per heavy atom. The van der Waals surface area contributed by atoms with Gasteiger partial charge in [0.2, 0.25) is 0 Å². The number of hydrogen-bond donors (Lipinski definition) is 3. The Balaban J connectivity index is 1.68. The highest BCUT2D eigenvalue weighted by molar-refractivity contribution is 5.70. The molecule has 0 amide bonds. The third kappa shape index (κ3) is 4.04. The number of carbonyl (C=O) groups excluding carboxylic acids is 1. The van der Waals surface area contributed by atoms with Gasteiger partial charge in [-0.3, -0.25) is 9.36 Å². The third-order valence-electron chi connectivity index (χ3n) is 4.36. The fourth-order valence-corrected chi connectivity index (χ4v) is 2.86. The van der Waals surface area contributed by atoms with Crippen LogP contribution in [0.3, 0.4) is 0 Å². The number of hydrogen-bond acceptors (Lipinski definition) is 8. The average Bonchev–Trinajstić information content (AvgIpc) is 2.96. The monoisotopic (exact) mass is 385 g/mol. The van der Waals surface area contributed by atoms with Crippen LogP contribution in [0, 0.1) is 12.3 Å². The zero-order valence-corrected chi connectivity index (χ0v) is 14.8. The fourth-order valence-electron chi connectivity index (χ4n) is 2.86. The van der Waals surface area contributed by atoms with Crippen molar-refractivity contribution in [2.45, 2.75) is 37.6 Å². The van der Waals surface area contributed by atoms with Gasteiger partial charge in [0.1, 0.15) is 24.6 Å². The Hall–Kier alpha value is -3.19. The summed E-state index contributed by atoms with van der Waals surface area (Å²) in [6.45, 7) is 0.0708. The molecule has 0 aliphatic carbocycles. The SMILES string of the molecule is C#Cc1cn([C@@H]2O[C@H](CC(=O)OCc3ccccc3)[C@@H](O)[C@H]2O)c(=O)nc1N. The van der Waals surface area contributed by atoms with E-state index in [1.807, 2.05) is 18.2 Å². The largest absolute Gasteiger partial charge is 0.461 e. The molecule has 2 heterocycles. The van der Waals surface area contributed by atoms with Crippen molar-refractivity contribution in [2.75, 3.05) is 5.73 Å². The van der Waals surface area contributed by atoms with Gasteiger partial charge in [-0.05, 0) is 5.56 Å². The summed E-state index contributed by atoms with van der Waals surface area (Å²) in [6, 6.07) is 9.08. The second-order valence-corrected chi connectivity index (χ2v) is 6.27. The fraction of sp³-hybridized carbons (Fsp3) is 0.316. The number of rotatable bonds is 5. The van der Waals surface area contributed by atoms with E-state index in [1.54, 1.807) is 12.1 Å². The number of nitrogen functional groups attached to an aromatic ring is 1. The van der Waals surface area contributed by atoms with Crippen molar-refractivity contribution in [2.24, 2.45) is 0 Å². The van der Waals surface area contributed by atoms with E-state index < -0.39 is 36.2 Å². The third-order valence-corrected chi connectivity index (χ3v) is 4.36. The number of benzene rings is 1. The molecule has 1 aromatic carbocycles. The summed E-state index contributed by atoms with van der Waals surface area (Å²) in [7, 11) is 0. The van der Waals surface area contributed by atoms with Crippen molar-refractivity contribution >= 4 is 11.8 Å². The van der Waals surface area contributed by atoms with Crippen LogP contribution in [0.25, 0.3) is 0 Å². The van der Waals surface area contributed by atoms with Crippen LogP contribution >= 0.6 is 0 Å². The van der Waals surface area contributed by atoms with Crippen LogP contribution in [0.4, 0.5) is 5.82 Å². The highest BCUT2D eigenvalue weighted by Gasteiger charge is 2.45. The first-order valence-electron chi connectivity index (χ1n) is 8.47. The molecule has 28 heavy (non-hydrogen) atoms. The normalized spacial score (nSPS) is 23.9. The lowest BCUT2D eigenvalue weighted by molar-refractivity contribution is -0.149. The summed E-state index contributed by atoms with van der Waals surface area (Å²) >= 11 is 0. The number of terminal acetylenes is 1. The molecule has 4 N–H and O–H groups in total. The molecule has 0 saturated carbocycles. The summed E-state index contributed by atoms with van der Waals surface area (Å²) in [5.74, 6) is 1.52. The van der Waals surface area contributed by atoms with Crippen LogP contribution in [-0.2, 0) is 20.9 Å². The van der Waals surface area contributed by atoms with Gasteiger partial charge >= 0.3 is 11.7 Å². The molecule has 1 aliphatic rings. The molecule has 1 saturated heterocycles. The molecule has 0 radical (unpaired) electrons. The maximum Gasteiger partial charge on any atom is 0.351 e. The Labute approximate surface area is 160 Å². The van der Waals surface area contributed by atoms with E-state index in [1.165, 1.54) is 6.20 Å². The number of carbonyl (C=O) groups is 1. The Morgan fingerprint density at radius 3 is 2.71 bits per heavy atom. The van der Waals surface area contributed by atoms with Crippen molar-refractivity contribution in [1.29, 1.82) is 0 Å². The molecule has 0 bridgehead atoms. The standard InChI is InChI=1S/C19H19N3O6/c1-2-12-9-22(19(26)21-17(12)20)18-16(25)15(24)13(28-18)8-14(23)27-10-11-6-4-3-5-7-11/h1,3-7,9,13,15-16,18,24-25H,8,10H2,(H2,20,21,26)/t13-,15-,16-,18-/m1/s1. The number of ether oxygens (including phenoxy) is 2. The van der Waals surface area contributed by atoms with Gasteiger partial charge in [-0.15, -0.1) is 6.42 Å². The van der Waals surface area contributed by atoms with Crippen LogP contribution < -0.4 is 11.4 Å². The average molecular weight is 385 g/mol. The Kier molecular flexibility index (Phi) is 5.75. The van der Waals surface area contributed by atoms with E-state index in [2.05, 4.69) is 10.9 Å². The first kappa shape index (κ1) is 19.6. The minimum atomic E-state index is -1.47. The highest BCUT2D eigenvalue weighted by Crippen LogP contribution is 2.30. The zero-order valence-electron chi connectivity index (χ0n) is 14.8. The van der Waals surface area contributed by atoms with E-state index in [0.717, 1.165) is 10.1 Å². The minimum Gasteiger partial charge on any atom is -0.461 e. The van der Waals surface area contributed by atoms with Crippen molar-refractivity contribution in [3.05, 3.63) is 58.1 Å². The second-order valence-electron chi connectivity index (χ2n) is 6.27. The predicted octanol–water partition coefficient (Wildman–Crippen LogP) is -0.441. The molecule has 1 aromatic heterocycles. The number of aromatic nitrogens is 2. The van der Waals surface area contributed by atoms with Crippen molar-refractivity contribution in [3.8, 4) is 12.3 Å². The molecule has 0 spiro atoms. The molecule has 1 fully saturated rings. The molecule has 146 valence electrons. The minimum absolute atomic E-state index is 0.0708. The van der Waals surface area contributed by atoms with Gasteiger partial charge in [0.05, 0.1) is 18.1 Å². The van der Waals surface area contributed by atoms with E-state index in [-0.39, 0.29) is 24.4 Å². The van der Waals surface area contributed by atoms with Crippen molar-refractivity contribution < 1.29 is 24.5 Å². The quantitative estimate of drug-likeness (QED) is 0.465. The summed E-state index contributed by atoms with van der Waals surface area (Å²) in [5.41, 5.74) is 5.69. The lowest BCUT2D eigenvalue weighted by atomic mass is 10.1. The molecule has 0 unspecified atom stereocenters. The first-order chi connectivity index (χ1) is 13.4. The summed E-state index contributed by atoms with van der Waals surface area (Å²) in [6.07, 6.45) is 0.993. The van der Waals surface area contributed by atoms with Gasteiger partial charge < -0.3 is 25.4 Å². The van der Waals surface area contributed by atoms with Crippen molar-refractivity contribution in [1.82, 2.24) is 9.55 Å². The van der Waals surface area contributed by atoms with Gasteiger partial charge in [0, 0.05) is 6.20 Å². The number of anilines is 1. The molecular formula is C19H19N3O6. The van der Waals surface area contributed by atoms with Gasteiger partial charge in [0.15, 0.2) is 6.23 Å². The summed E-state index contributed by atoms with van der Waals surface area (Å²) in [5, 5.41) is 20.5. The van der Waals surface area contributed by atoms with Crippen molar-refractivity contribution in [3.63, 3.8) is 0 Å². The predicted molar refractivity (Wildman–Crippen MR) is 97.6 cm³/mol. The molecule has 1 aliphatic heterocycles. The summed E-state index contributed by atoms with van der Waals surface area (Å²) in [4.78, 5) is 27.7. The Morgan fingerprint density at radius 2 is 2.04 bits per heavy atom. The number of aliphatic hydroxyl groups excluding tert-OH is 2. The van der Waals surface area contributed by atoms with E-state index >= 15 is 0 Å². The smallest absolute Gasteiger partial charge is 0.351 e. The zero-order chi connectivity index (χ0) is 20.3. The van der Waals surface area contributed by atoms with E-state index in [0.29, 0.717) is 0 Å². The summed E-state index contributed by atoms with van der Waals surface area (Å²) < 4.78 is 11.6.